The molecule has 4 nitrogen and oxygen atoms in total. The van der Waals surface area contributed by atoms with Gasteiger partial charge in [-0.3, -0.25) is 9.59 Å². The molecule has 0 bridgehead atoms. The summed E-state index contributed by atoms with van der Waals surface area (Å²) < 4.78 is 38.5. The third kappa shape index (κ3) is 3.61. The average Bonchev–Trinajstić information content (AvgIpc) is 2.57. The fraction of sp³-hybridized carbons (Fsp3) is 0.818. The average molecular weight is 266 g/mol. The van der Waals surface area contributed by atoms with Gasteiger partial charge in [0, 0.05) is 6.42 Å². The Bertz CT molecular complexity index is 333. The number of amides is 2. The zero-order chi connectivity index (χ0) is 14.1. The molecule has 0 aliphatic carbocycles. The molecule has 0 aromatic heterocycles. The third-order valence-corrected chi connectivity index (χ3v) is 2.79. The van der Waals surface area contributed by atoms with Crippen LogP contribution in [0.15, 0.2) is 0 Å². The van der Waals surface area contributed by atoms with Crippen LogP contribution < -0.4 is 10.6 Å². The molecule has 2 amide bonds. The summed E-state index contributed by atoms with van der Waals surface area (Å²) in [4.78, 5) is 22.6. The monoisotopic (exact) mass is 266 g/mol. The Kier molecular flexibility index (Phi) is 3.92. The maximum atomic E-state index is 12.8. The number of carbonyl (C=O) groups excluding carboxylic acids is 2. The van der Waals surface area contributed by atoms with E-state index in [1.54, 1.807) is 0 Å². The van der Waals surface area contributed by atoms with Crippen LogP contribution in [0, 0.1) is 5.41 Å². The first-order valence-corrected chi connectivity index (χ1v) is 5.68. The molecule has 2 atom stereocenters. The van der Waals surface area contributed by atoms with Crippen LogP contribution in [0.1, 0.15) is 33.6 Å². The Labute approximate surface area is 103 Å². The molecule has 1 aliphatic heterocycles. The van der Waals surface area contributed by atoms with Gasteiger partial charge in [0.1, 0.15) is 12.1 Å². The number of hydrogen-bond acceptors (Lipinski definition) is 2. The quantitative estimate of drug-likeness (QED) is 0.792. The largest absolute Gasteiger partial charge is 0.409 e. The summed E-state index contributed by atoms with van der Waals surface area (Å²) in [5.41, 5.74) is -1.14. The lowest BCUT2D eigenvalue weighted by molar-refractivity contribution is -0.181. The van der Waals surface area contributed by atoms with E-state index in [1.165, 1.54) is 20.8 Å². The first kappa shape index (κ1) is 14.8. The molecule has 1 aliphatic rings. The lowest BCUT2D eigenvalue weighted by atomic mass is 9.86. The Morgan fingerprint density at radius 3 is 2.28 bits per heavy atom. The summed E-state index contributed by atoms with van der Waals surface area (Å²) in [6, 6.07) is -2.79. The number of hydrogen-bond donors (Lipinski definition) is 2. The van der Waals surface area contributed by atoms with Gasteiger partial charge in [0.25, 0.3) is 0 Å². The van der Waals surface area contributed by atoms with Crippen molar-refractivity contribution in [3.63, 3.8) is 0 Å². The van der Waals surface area contributed by atoms with Gasteiger partial charge in [-0.25, -0.2) is 0 Å². The van der Waals surface area contributed by atoms with Crippen LogP contribution in [0.25, 0.3) is 0 Å². The third-order valence-electron chi connectivity index (χ3n) is 2.79. The highest BCUT2D eigenvalue weighted by Gasteiger charge is 2.48. The molecular formula is C11H17F3N2O2. The van der Waals surface area contributed by atoms with Crippen molar-refractivity contribution in [2.24, 2.45) is 5.41 Å². The molecule has 2 unspecified atom stereocenters. The van der Waals surface area contributed by atoms with Crippen molar-refractivity contribution >= 4 is 11.8 Å². The smallest absolute Gasteiger partial charge is 0.344 e. The van der Waals surface area contributed by atoms with Crippen LogP contribution in [-0.2, 0) is 9.59 Å². The van der Waals surface area contributed by atoms with Gasteiger partial charge in [-0.15, -0.1) is 0 Å². The zero-order valence-electron chi connectivity index (χ0n) is 10.5. The van der Waals surface area contributed by atoms with Crippen molar-refractivity contribution in [2.45, 2.75) is 51.9 Å². The van der Waals surface area contributed by atoms with Gasteiger partial charge in [0.05, 0.1) is 0 Å². The Balaban J connectivity index is 2.73. The highest BCUT2D eigenvalue weighted by atomic mass is 19.4. The molecule has 18 heavy (non-hydrogen) atoms. The maximum absolute atomic E-state index is 12.8. The van der Waals surface area contributed by atoms with Crippen molar-refractivity contribution in [3.8, 4) is 0 Å². The summed E-state index contributed by atoms with van der Waals surface area (Å²) >= 11 is 0. The van der Waals surface area contributed by atoms with Gasteiger partial charge in [-0.2, -0.15) is 13.2 Å². The predicted molar refractivity (Wildman–Crippen MR) is 58.6 cm³/mol. The van der Waals surface area contributed by atoms with E-state index in [1.807, 2.05) is 5.32 Å². The van der Waals surface area contributed by atoms with Crippen molar-refractivity contribution in [1.29, 1.82) is 0 Å². The first-order valence-electron chi connectivity index (χ1n) is 5.68. The van der Waals surface area contributed by atoms with E-state index in [0.29, 0.717) is 0 Å². The van der Waals surface area contributed by atoms with E-state index in [2.05, 4.69) is 5.32 Å². The molecule has 104 valence electrons. The summed E-state index contributed by atoms with van der Waals surface area (Å²) in [7, 11) is 0. The van der Waals surface area contributed by atoms with Crippen LogP contribution in [0.2, 0.25) is 0 Å². The number of carbonyl (C=O) groups is 2. The lowest BCUT2D eigenvalue weighted by Gasteiger charge is -2.33. The molecule has 7 heteroatoms. The topological polar surface area (TPSA) is 58.2 Å². The van der Waals surface area contributed by atoms with Crippen molar-refractivity contribution in [3.05, 3.63) is 0 Å². The Hall–Kier alpha value is -1.27. The maximum Gasteiger partial charge on any atom is 0.409 e. The first-order chi connectivity index (χ1) is 8.01. The molecule has 1 heterocycles. The number of rotatable bonds is 2. The second-order valence-corrected chi connectivity index (χ2v) is 5.51. The zero-order valence-corrected chi connectivity index (χ0v) is 10.5. The van der Waals surface area contributed by atoms with E-state index >= 15 is 0 Å². The van der Waals surface area contributed by atoms with Crippen LogP contribution in [0.5, 0.6) is 0 Å². The van der Waals surface area contributed by atoms with Crippen LogP contribution in [-0.4, -0.2) is 30.1 Å². The molecule has 0 aromatic carbocycles. The fourth-order valence-corrected chi connectivity index (χ4v) is 1.84. The van der Waals surface area contributed by atoms with Gasteiger partial charge in [-0.05, 0) is 11.8 Å². The Morgan fingerprint density at radius 1 is 1.39 bits per heavy atom. The van der Waals surface area contributed by atoms with E-state index in [9.17, 15) is 22.8 Å². The molecule has 0 spiro atoms. The van der Waals surface area contributed by atoms with E-state index in [-0.39, 0.29) is 18.7 Å². The second kappa shape index (κ2) is 4.78. The molecular weight excluding hydrogens is 249 g/mol. The molecule has 1 rings (SSSR count). The molecule has 0 saturated carbocycles. The number of alkyl halides is 3. The van der Waals surface area contributed by atoms with Gasteiger partial charge in [0.15, 0.2) is 0 Å². The summed E-state index contributed by atoms with van der Waals surface area (Å²) in [5.74, 6) is -1.09. The highest BCUT2D eigenvalue weighted by Crippen LogP contribution is 2.33. The van der Waals surface area contributed by atoms with Crippen LogP contribution in [0.4, 0.5) is 13.2 Å². The molecule has 1 fully saturated rings. The lowest BCUT2D eigenvalue weighted by Crippen LogP contribution is -2.56. The summed E-state index contributed by atoms with van der Waals surface area (Å²) in [6.45, 7) is 4.20. The molecule has 0 radical (unpaired) electrons. The minimum absolute atomic E-state index is 0.171. The molecule has 1 saturated heterocycles. The van der Waals surface area contributed by atoms with E-state index < -0.39 is 29.6 Å². The Morgan fingerprint density at radius 2 is 1.94 bits per heavy atom. The minimum Gasteiger partial charge on any atom is -0.344 e. The van der Waals surface area contributed by atoms with Gasteiger partial charge < -0.3 is 10.6 Å². The molecule has 2 N–H and O–H groups in total. The SMILES string of the molecule is CC(C)(C)C(NC(=O)C1CCC(=O)N1)C(F)(F)F. The predicted octanol–water partition coefficient (Wildman–Crippen LogP) is 1.36. The molecule has 0 aromatic rings. The highest BCUT2D eigenvalue weighted by molar-refractivity contribution is 5.90. The van der Waals surface area contributed by atoms with Crippen LogP contribution >= 0.6 is 0 Å². The normalized spacial score (nSPS) is 22.6. The standard InChI is InChI=1S/C11H17F3N2O2/c1-10(2,3)9(11(12,13)14)16-8(18)6-4-5-7(17)15-6/h6,9H,4-5H2,1-3H3,(H,15,17)(H,16,18). The van der Waals surface area contributed by atoms with Crippen molar-refractivity contribution in [2.75, 3.05) is 0 Å². The summed E-state index contributed by atoms with van der Waals surface area (Å²) in [5, 5.41) is 4.32. The number of halogens is 3. The minimum atomic E-state index is -4.52. The van der Waals surface area contributed by atoms with Gasteiger partial charge in [-0.1, -0.05) is 20.8 Å². The van der Waals surface area contributed by atoms with E-state index in [0.717, 1.165) is 0 Å². The van der Waals surface area contributed by atoms with Crippen molar-refractivity contribution in [1.82, 2.24) is 10.6 Å². The van der Waals surface area contributed by atoms with Crippen molar-refractivity contribution < 1.29 is 22.8 Å². The number of nitrogens with one attached hydrogen (secondary N) is 2. The second-order valence-electron chi connectivity index (χ2n) is 5.51. The summed E-state index contributed by atoms with van der Waals surface area (Å²) in [6.07, 6.45) is -4.11. The fourth-order valence-electron chi connectivity index (χ4n) is 1.84. The van der Waals surface area contributed by atoms with Gasteiger partial charge in [0.2, 0.25) is 11.8 Å². The van der Waals surface area contributed by atoms with E-state index in [4.69, 9.17) is 0 Å². The van der Waals surface area contributed by atoms with Gasteiger partial charge >= 0.3 is 6.18 Å². The van der Waals surface area contributed by atoms with Crippen LogP contribution in [0.3, 0.4) is 0 Å².